The molecule has 0 spiro atoms. The molecule has 1 aliphatic rings. The maximum absolute atomic E-state index is 10.2. The number of aliphatic hydroxyl groups excluding tert-OH is 1. The first-order valence-corrected chi connectivity index (χ1v) is 6.72. The Bertz CT molecular complexity index is 355. The van der Waals surface area contributed by atoms with Crippen molar-refractivity contribution in [2.45, 2.75) is 19.1 Å². The molecule has 0 bridgehead atoms. The number of halogens is 1. The van der Waals surface area contributed by atoms with Gasteiger partial charge in [0.25, 0.3) is 0 Å². The highest BCUT2D eigenvalue weighted by molar-refractivity contribution is 9.10. The van der Waals surface area contributed by atoms with Gasteiger partial charge in [-0.1, -0.05) is 28.1 Å². The van der Waals surface area contributed by atoms with Crippen LogP contribution in [0.15, 0.2) is 28.7 Å². The molecule has 4 heteroatoms. The van der Waals surface area contributed by atoms with Crippen molar-refractivity contribution in [1.82, 2.24) is 4.90 Å². The fourth-order valence-electron chi connectivity index (χ4n) is 2.09. The van der Waals surface area contributed by atoms with E-state index < -0.39 is 6.10 Å². The van der Waals surface area contributed by atoms with Gasteiger partial charge in [0.2, 0.25) is 0 Å². The maximum atomic E-state index is 10.2. The average Bonchev–Trinajstić information content (AvgIpc) is 2.29. The first kappa shape index (κ1) is 13.0. The third kappa shape index (κ3) is 3.78. The van der Waals surface area contributed by atoms with Crippen LogP contribution in [0.2, 0.25) is 0 Å². The number of benzene rings is 1. The molecule has 2 atom stereocenters. The van der Waals surface area contributed by atoms with Crippen molar-refractivity contribution < 1.29 is 9.84 Å². The molecular weight excluding hydrogens is 282 g/mol. The monoisotopic (exact) mass is 299 g/mol. The van der Waals surface area contributed by atoms with Crippen molar-refractivity contribution in [2.24, 2.45) is 0 Å². The summed E-state index contributed by atoms with van der Waals surface area (Å²) in [5.74, 6) is 0. The van der Waals surface area contributed by atoms with E-state index in [-0.39, 0.29) is 6.10 Å². The van der Waals surface area contributed by atoms with Crippen LogP contribution in [0.25, 0.3) is 0 Å². The van der Waals surface area contributed by atoms with Crippen LogP contribution in [0, 0.1) is 0 Å². The van der Waals surface area contributed by atoms with Gasteiger partial charge in [-0.05, 0) is 24.6 Å². The minimum absolute atomic E-state index is 0.265. The Kier molecular flexibility index (Phi) is 4.56. The second-order valence-electron chi connectivity index (χ2n) is 4.51. The molecule has 1 aliphatic heterocycles. The molecule has 3 nitrogen and oxygen atoms in total. The smallest absolute Gasteiger partial charge is 0.0916 e. The Labute approximate surface area is 111 Å². The fraction of sp³-hybridized carbons (Fsp3) is 0.538. The lowest BCUT2D eigenvalue weighted by molar-refractivity contribution is -0.0319. The number of nitrogens with zero attached hydrogens (tertiary/aromatic N) is 1. The Hall–Kier alpha value is -0.420. The lowest BCUT2D eigenvalue weighted by Crippen LogP contribution is -2.42. The molecule has 1 aromatic carbocycles. The quantitative estimate of drug-likeness (QED) is 0.929. The molecule has 1 fully saturated rings. The average molecular weight is 300 g/mol. The van der Waals surface area contributed by atoms with Crippen LogP contribution in [0.3, 0.4) is 0 Å². The molecule has 94 valence electrons. The maximum Gasteiger partial charge on any atom is 0.0916 e. The van der Waals surface area contributed by atoms with E-state index in [1.165, 1.54) is 0 Å². The van der Waals surface area contributed by atoms with E-state index in [0.717, 1.165) is 29.7 Å². The van der Waals surface area contributed by atoms with E-state index in [1.54, 1.807) is 0 Å². The van der Waals surface area contributed by atoms with E-state index in [4.69, 9.17) is 4.74 Å². The van der Waals surface area contributed by atoms with Gasteiger partial charge in [0.1, 0.15) is 0 Å². The molecule has 0 radical (unpaired) electrons. The van der Waals surface area contributed by atoms with E-state index in [0.29, 0.717) is 6.54 Å². The van der Waals surface area contributed by atoms with Crippen LogP contribution in [0.5, 0.6) is 0 Å². The van der Waals surface area contributed by atoms with Crippen molar-refractivity contribution in [3.8, 4) is 0 Å². The van der Waals surface area contributed by atoms with Gasteiger partial charge in [0.15, 0.2) is 0 Å². The second kappa shape index (κ2) is 5.96. The zero-order valence-corrected chi connectivity index (χ0v) is 11.6. The first-order chi connectivity index (χ1) is 8.15. The standard InChI is InChI=1S/C13H18BrNO2/c1-10-8-15(6-7-17-10)9-13(16)11-2-4-12(14)5-3-11/h2-5,10,13,16H,6-9H2,1H3/t10-,13+/m0/s1. The zero-order chi connectivity index (χ0) is 12.3. The van der Waals surface area contributed by atoms with Gasteiger partial charge in [-0.15, -0.1) is 0 Å². The minimum Gasteiger partial charge on any atom is -0.387 e. The SMILES string of the molecule is C[C@H]1CN(C[C@@H](O)c2ccc(Br)cc2)CCO1. The topological polar surface area (TPSA) is 32.7 Å². The van der Waals surface area contributed by atoms with E-state index in [9.17, 15) is 5.11 Å². The Morgan fingerprint density at radius 2 is 2.18 bits per heavy atom. The van der Waals surface area contributed by atoms with Crippen LogP contribution >= 0.6 is 15.9 Å². The van der Waals surface area contributed by atoms with E-state index in [2.05, 4.69) is 27.8 Å². The van der Waals surface area contributed by atoms with Gasteiger partial charge in [0, 0.05) is 24.1 Å². The summed E-state index contributed by atoms with van der Waals surface area (Å²) in [5.41, 5.74) is 0.965. The molecule has 0 saturated carbocycles. The predicted molar refractivity (Wildman–Crippen MR) is 71.0 cm³/mol. The van der Waals surface area contributed by atoms with Crippen molar-refractivity contribution in [2.75, 3.05) is 26.2 Å². The van der Waals surface area contributed by atoms with Gasteiger partial charge in [0.05, 0.1) is 18.8 Å². The van der Waals surface area contributed by atoms with Crippen LogP contribution in [0.4, 0.5) is 0 Å². The molecule has 0 aromatic heterocycles. The van der Waals surface area contributed by atoms with Crippen molar-refractivity contribution in [3.05, 3.63) is 34.3 Å². The highest BCUT2D eigenvalue weighted by Gasteiger charge is 2.19. The van der Waals surface area contributed by atoms with Crippen LogP contribution in [-0.4, -0.2) is 42.4 Å². The highest BCUT2D eigenvalue weighted by Crippen LogP contribution is 2.18. The molecular formula is C13H18BrNO2. The van der Waals surface area contributed by atoms with Crippen molar-refractivity contribution >= 4 is 15.9 Å². The molecule has 17 heavy (non-hydrogen) atoms. The number of β-amino-alcohol motifs (C(OH)–C–C–N with tert-alkyl or cyclic N) is 1. The van der Waals surface area contributed by atoms with Gasteiger partial charge in [-0.25, -0.2) is 0 Å². The molecule has 1 aromatic rings. The molecule has 1 N–H and O–H groups in total. The Morgan fingerprint density at radius 3 is 2.82 bits per heavy atom. The lowest BCUT2D eigenvalue weighted by Gasteiger charge is -2.32. The summed E-state index contributed by atoms with van der Waals surface area (Å²) in [6.07, 6.45) is -0.158. The van der Waals surface area contributed by atoms with Crippen LogP contribution in [-0.2, 0) is 4.74 Å². The number of ether oxygens (including phenoxy) is 1. The molecule has 2 rings (SSSR count). The van der Waals surface area contributed by atoms with E-state index >= 15 is 0 Å². The normalized spacial score (nSPS) is 23.6. The molecule has 1 heterocycles. The predicted octanol–water partition coefficient (Wildman–Crippen LogP) is 2.20. The largest absolute Gasteiger partial charge is 0.387 e. The number of rotatable bonds is 3. The summed E-state index contributed by atoms with van der Waals surface area (Å²) in [5, 5.41) is 10.2. The number of hydrogen-bond acceptors (Lipinski definition) is 3. The summed E-state index contributed by atoms with van der Waals surface area (Å²) in [6, 6.07) is 7.83. The zero-order valence-electron chi connectivity index (χ0n) is 9.97. The number of aliphatic hydroxyl groups is 1. The van der Waals surface area contributed by atoms with Crippen molar-refractivity contribution in [3.63, 3.8) is 0 Å². The summed E-state index contributed by atoms with van der Waals surface area (Å²) >= 11 is 3.39. The van der Waals surface area contributed by atoms with Crippen LogP contribution < -0.4 is 0 Å². The van der Waals surface area contributed by atoms with Gasteiger partial charge >= 0.3 is 0 Å². The van der Waals surface area contributed by atoms with Gasteiger partial charge < -0.3 is 9.84 Å². The lowest BCUT2D eigenvalue weighted by atomic mass is 10.1. The Balaban J connectivity index is 1.91. The highest BCUT2D eigenvalue weighted by atomic mass is 79.9. The van der Waals surface area contributed by atoms with Crippen LogP contribution in [0.1, 0.15) is 18.6 Å². The molecule has 0 unspecified atom stereocenters. The molecule has 0 aliphatic carbocycles. The first-order valence-electron chi connectivity index (χ1n) is 5.92. The summed E-state index contributed by atoms with van der Waals surface area (Å²) in [7, 11) is 0. The number of hydrogen-bond donors (Lipinski definition) is 1. The third-order valence-corrected chi connectivity index (χ3v) is 3.54. The number of morpholine rings is 1. The van der Waals surface area contributed by atoms with Gasteiger partial charge in [-0.2, -0.15) is 0 Å². The van der Waals surface area contributed by atoms with Gasteiger partial charge in [-0.3, -0.25) is 4.90 Å². The summed E-state index contributed by atoms with van der Waals surface area (Å²) in [6.45, 7) is 5.30. The third-order valence-electron chi connectivity index (χ3n) is 3.01. The molecule has 0 amide bonds. The summed E-state index contributed by atoms with van der Waals surface area (Å²) < 4.78 is 6.52. The van der Waals surface area contributed by atoms with Crippen molar-refractivity contribution in [1.29, 1.82) is 0 Å². The second-order valence-corrected chi connectivity index (χ2v) is 5.42. The summed E-state index contributed by atoms with van der Waals surface area (Å²) in [4.78, 5) is 2.25. The Morgan fingerprint density at radius 1 is 1.47 bits per heavy atom. The van der Waals surface area contributed by atoms with E-state index in [1.807, 2.05) is 24.3 Å². The molecule has 1 saturated heterocycles. The fourth-order valence-corrected chi connectivity index (χ4v) is 2.36. The minimum atomic E-state index is -0.423.